The Hall–Kier alpha value is -2.64. The molecule has 0 fully saturated rings. The molecule has 1 rings (SSSR count). The first-order valence-corrected chi connectivity index (χ1v) is 7.85. The van der Waals surface area contributed by atoms with Crippen molar-refractivity contribution in [1.29, 1.82) is 0 Å². The lowest BCUT2D eigenvalue weighted by Crippen LogP contribution is -2.45. The van der Waals surface area contributed by atoms with Gasteiger partial charge in [-0.15, -0.1) is 0 Å². The first kappa shape index (κ1) is 19.4. The topological polar surface area (TPSA) is 122 Å². The van der Waals surface area contributed by atoms with Gasteiger partial charge in [0, 0.05) is 30.8 Å². The van der Waals surface area contributed by atoms with Gasteiger partial charge >= 0.3 is 5.97 Å². The molecule has 0 saturated carbocycles. The van der Waals surface area contributed by atoms with Crippen LogP contribution in [0.4, 0.5) is 11.4 Å². The maximum Gasteiger partial charge on any atom is 0.326 e. The smallest absolute Gasteiger partial charge is 0.326 e. The van der Waals surface area contributed by atoms with Crippen LogP contribution >= 0.6 is 0 Å². The first-order chi connectivity index (χ1) is 11.3. The van der Waals surface area contributed by atoms with Gasteiger partial charge < -0.3 is 15.7 Å². The van der Waals surface area contributed by atoms with E-state index in [1.807, 2.05) is 6.92 Å². The van der Waals surface area contributed by atoms with Crippen molar-refractivity contribution in [1.82, 2.24) is 5.32 Å². The fourth-order valence-electron chi connectivity index (χ4n) is 2.11. The minimum atomic E-state index is -1.03. The van der Waals surface area contributed by atoms with Crippen molar-refractivity contribution in [2.24, 2.45) is 5.92 Å². The van der Waals surface area contributed by atoms with Crippen LogP contribution in [0.1, 0.15) is 33.1 Å². The minimum absolute atomic E-state index is 0.0182. The highest BCUT2D eigenvalue weighted by Gasteiger charge is 2.24. The Morgan fingerprint density at radius 1 is 1.29 bits per heavy atom. The Morgan fingerprint density at radius 3 is 2.42 bits per heavy atom. The number of nitrogens with zero attached hydrogens (tertiary/aromatic N) is 1. The minimum Gasteiger partial charge on any atom is -0.480 e. The zero-order chi connectivity index (χ0) is 18.1. The molecule has 0 heterocycles. The van der Waals surface area contributed by atoms with Crippen molar-refractivity contribution < 1.29 is 19.6 Å². The molecule has 0 aliphatic carbocycles. The number of aliphatic carboxylic acids is 1. The fraction of sp³-hybridized carbons (Fsp3) is 0.500. The van der Waals surface area contributed by atoms with Gasteiger partial charge in [-0.25, -0.2) is 4.79 Å². The van der Waals surface area contributed by atoms with E-state index in [0.29, 0.717) is 19.4 Å². The lowest BCUT2D eigenvalue weighted by Gasteiger charge is -2.20. The van der Waals surface area contributed by atoms with Crippen LogP contribution < -0.4 is 10.6 Å². The molecule has 0 aliphatic heterocycles. The molecular weight excluding hydrogens is 314 g/mol. The molecule has 0 radical (unpaired) electrons. The van der Waals surface area contributed by atoms with Gasteiger partial charge in [0.15, 0.2) is 0 Å². The number of rotatable bonds is 10. The summed E-state index contributed by atoms with van der Waals surface area (Å²) in [5, 5.41) is 25.3. The summed E-state index contributed by atoms with van der Waals surface area (Å²) in [6.07, 6.45) is 1.40. The molecule has 0 bridgehead atoms. The van der Waals surface area contributed by atoms with E-state index in [1.165, 1.54) is 12.1 Å². The summed E-state index contributed by atoms with van der Waals surface area (Å²) in [7, 11) is 0. The number of carboxylic acids is 1. The summed E-state index contributed by atoms with van der Waals surface area (Å²) in [5.41, 5.74) is 0.744. The predicted octanol–water partition coefficient (Wildman–Crippen LogP) is 2.40. The second-order valence-electron chi connectivity index (χ2n) is 5.60. The van der Waals surface area contributed by atoms with E-state index < -0.39 is 16.9 Å². The van der Waals surface area contributed by atoms with E-state index in [9.17, 15) is 19.7 Å². The first-order valence-electron chi connectivity index (χ1n) is 7.85. The van der Waals surface area contributed by atoms with Crippen LogP contribution in [0.5, 0.6) is 0 Å². The van der Waals surface area contributed by atoms with Gasteiger partial charge in [-0.05, 0) is 24.5 Å². The largest absolute Gasteiger partial charge is 0.480 e. The molecule has 132 valence electrons. The molecule has 1 aromatic carbocycles. The summed E-state index contributed by atoms with van der Waals surface area (Å²) < 4.78 is 0. The van der Waals surface area contributed by atoms with Crippen LogP contribution in [0, 0.1) is 16.0 Å². The lowest BCUT2D eigenvalue weighted by atomic mass is 9.99. The Labute approximate surface area is 140 Å². The summed E-state index contributed by atoms with van der Waals surface area (Å²) in [5.74, 6) is -1.46. The van der Waals surface area contributed by atoms with E-state index in [-0.39, 0.29) is 23.9 Å². The molecule has 1 aromatic rings. The predicted molar refractivity (Wildman–Crippen MR) is 89.8 cm³/mol. The Balaban J connectivity index is 2.34. The third-order valence-electron chi connectivity index (χ3n) is 3.78. The van der Waals surface area contributed by atoms with Gasteiger partial charge in [-0.2, -0.15) is 0 Å². The summed E-state index contributed by atoms with van der Waals surface area (Å²) in [6, 6.07) is 5.13. The van der Waals surface area contributed by atoms with E-state index in [4.69, 9.17) is 5.11 Å². The molecule has 0 spiro atoms. The number of nitro benzene ring substituents is 1. The van der Waals surface area contributed by atoms with Gasteiger partial charge in [0.25, 0.3) is 5.69 Å². The standard InChI is InChI=1S/C16H23N3O5/c1-3-11(2)15(16(21)22)18-14(20)5-4-10-17-12-6-8-13(9-7-12)19(23)24/h6-9,11,15,17H,3-5,10H2,1-2H3,(H,18,20)(H,21,22)/t11-,15-/m0/s1. The molecule has 0 saturated heterocycles. The average molecular weight is 337 g/mol. The molecule has 8 nitrogen and oxygen atoms in total. The highest BCUT2D eigenvalue weighted by molar-refractivity contribution is 5.83. The number of carbonyl (C=O) groups excluding carboxylic acids is 1. The monoisotopic (exact) mass is 337 g/mol. The highest BCUT2D eigenvalue weighted by atomic mass is 16.6. The maximum absolute atomic E-state index is 11.8. The summed E-state index contributed by atoms with van der Waals surface area (Å²) in [6.45, 7) is 4.17. The van der Waals surface area contributed by atoms with E-state index in [1.54, 1.807) is 19.1 Å². The number of benzene rings is 1. The Morgan fingerprint density at radius 2 is 1.92 bits per heavy atom. The van der Waals surface area contributed by atoms with Crippen molar-refractivity contribution in [2.45, 2.75) is 39.2 Å². The van der Waals surface area contributed by atoms with E-state index in [2.05, 4.69) is 10.6 Å². The van der Waals surface area contributed by atoms with Crippen molar-refractivity contribution in [3.63, 3.8) is 0 Å². The molecule has 8 heteroatoms. The summed E-state index contributed by atoms with van der Waals surface area (Å²) in [4.78, 5) is 33.1. The SMILES string of the molecule is CC[C@H](C)[C@H](NC(=O)CCCNc1ccc([N+](=O)[O-])cc1)C(=O)O. The van der Waals surface area contributed by atoms with Crippen molar-refractivity contribution >= 4 is 23.3 Å². The number of hydrogen-bond donors (Lipinski definition) is 3. The van der Waals surface area contributed by atoms with E-state index >= 15 is 0 Å². The van der Waals surface area contributed by atoms with Gasteiger partial charge in [0.2, 0.25) is 5.91 Å². The molecule has 3 N–H and O–H groups in total. The van der Waals surface area contributed by atoms with Crippen molar-refractivity contribution in [3.05, 3.63) is 34.4 Å². The van der Waals surface area contributed by atoms with Crippen LogP contribution in [0.3, 0.4) is 0 Å². The third kappa shape index (κ3) is 6.23. The molecule has 1 amide bonds. The molecule has 24 heavy (non-hydrogen) atoms. The molecule has 0 unspecified atom stereocenters. The fourth-order valence-corrected chi connectivity index (χ4v) is 2.11. The molecular formula is C16H23N3O5. The molecule has 0 aliphatic rings. The number of anilines is 1. The summed E-state index contributed by atoms with van der Waals surface area (Å²) >= 11 is 0. The van der Waals surface area contributed by atoms with Crippen LogP contribution in [-0.4, -0.2) is 34.5 Å². The molecule has 2 atom stereocenters. The van der Waals surface area contributed by atoms with E-state index in [0.717, 1.165) is 5.69 Å². The zero-order valence-corrected chi connectivity index (χ0v) is 13.8. The number of non-ortho nitro benzene ring substituents is 1. The second kappa shape index (κ2) is 9.49. The lowest BCUT2D eigenvalue weighted by molar-refractivity contribution is -0.384. The van der Waals surface area contributed by atoms with Gasteiger partial charge in [0.1, 0.15) is 6.04 Å². The second-order valence-corrected chi connectivity index (χ2v) is 5.60. The number of hydrogen-bond acceptors (Lipinski definition) is 5. The number of nitro groups is 1. The Bertz CT molecular complexity index is 574. The van der Waals surface area contributed by atoms with Gasteiger partial charge in [0.05, 0.1) is 4.92 Å². The number of carbonyl (C=O) groups is 2. The zero-order valence-electron chi connectivity index (χ0n) is 13.8. The van der Waals surface area contributed by atoms with Crippen molar-refractivity contribution in [3.8, 4) is 0 Å². The van der Waals surface area contributed by atoms with Crippen LogP contribution in [0.2, 0.25) is 0 Å². The van der Waals surface area contributed by atoms with Crippen LogP contribution in [-0.2, 0) is 9.59 Å². The molecule has 0 aromatic heterocycles. The quantitative estimate of drug-likeness (QED) is 0.342. The number of nitrogens with one attached hydrogen (secondary N) is 2. The normalized spacial score (nSPS) is 12.9. The Kier molecular flexibility index (Phi) is 7.67. The average Bonchev–Trinajstić information content (AvgIpc) is 2.56. The van der Waals surface area contributed by atoms with Crippen LogP contribution in [0.25, 0.3) is 0 Å². The highest BCUT2D eigenvalue weighted by Crippen LogP contribution is 2.15. The van der Waals surface area contributed by atoms with Crippen molar-refractivity contribution in [2.75, 3.05) is 11.9 Å². The van der Waals surface area contributed by atoms with Gasteiger partial charge in [-0.3, -0.25) is 14.9 Å². The van der Waals surface area contributed by atoms with Crippen LogP contribution in [0.15, 0.2) is 24.3 Å². The maximum atomic E-state index is 11.8. The third-order valence-corrected chi connectivity index (χ3v) is 3.78. The number of amides is 1. The van der Waals surface area contributed by atoms with Gasteiger partial charge in [-0.1, -0.05) is 20.3 Å². The number of carboxylic acid groups (broad SMARTS) is 1.